The van der Waals surface area contributed by atoms with Crippen LogP contribution in [0, 0.1) is 17.8 Å². The average Bonchev–Trinajstić information content (AvgIpc) is 2.74. The molecule has 3 aliphatic rings. The monoisotopic (exact) mass is 293 g/mol. The zero-order valence-corrected chi connectivity index (χ0v) is 12.3. The first-order valence-corrected chi connectivity index (χ1v) is 8.21. The summed E-state index contributed by atoms with van der Waals surface area (Å²) in [7, 11) is 0. The van der Waals surface area contributed by atoms with Gasteiger partial charge < -0.3 is 5.11 Å². The summed E-state index contributed by atoms with van der Waals surface area (Å²) >= 11 is 0. The van der Waals surface area contributed by atoms with Gasteiger partial charge in [-0.3, -0.25) is 14.5 Å². The number of nitrogens with zero attached hydrogens (tertiary/aromatic N) is 1. The van der Waals surface area contributed by atoms with Crippen LogP contribution in [0.5, 0.6) is 0 Å². The van der Waals surface area contributed by atoms with Gasteiger partial charge in [-0.25, -0.2) is 4.79 Å². The molecule has 2 amide bonds. The van der Waals surface area contributed by atoms with Crippen molar-refractivity contribution in [3.05, 3.63) is 0 Å². The fraction of sp³-hybridized carbons (Fsp3) is 0.812. The first-order valence-electron chi connectivity index (χ1n) is 8.21. The molecule has 3 fully saturated rings. The number of carboxylic acid groups (broad SMARTS) is 1. The fourth-order valence-electron chi connectivity index (χ4n) is 4.43. The first kappa shape index (κ1) is 14.5. The van der Waals surface area contributed by atoms with E-state index in [4.69, 9.17) is 0 Å². The number of carbonyl (C=O) groups excluding carboxylic acids is 2. The molecule has 1 N–H and O–H groups in total. The number of carbonyl (C=O) groups is 3. The largest absolute Gasteiger partial charge is 0.480 e. The summed E-state index contributed by atoms with van der Waals surface area (Å²) in [4.78, 5) is 38.0. The van der Waals surface area contributed by atoms with Crippen molar-refractivity contribution in [2.45, 2.75) is 63.8 Å². The van der Waals surface area contributed by atoms with Crippen LogP contribution < -0.4 is 0 Å². The summed E-state index contributed by atoms with van der Waals surface area (Å²) in [6.45, 7) is 0. The van der Waals surface area contributed by atoms with Crippen molar-refractivity contribution in [1.82, 2.24) is 4.90 Å². The predicted octanol–water partition coefficient (Wildman–Crippen LogP) is 2.20. The SMILES string of the molecule is O=C(O)C(C1CCCCC1)N1C(=O)C2CCCCC2C1=O. The number of rotatable bonds is 3. The minimum Gasteiger partial charge on any atom is -0.480 e. The average molecular weight is 293 g/mol. The van der Waals surface area contributed by atoms with Crippen molar-refractivity contribution in [3.8, 4) is 0 Å². The molecule has 21 heavy (non-hydrogen) atoms. The van der Waals surface area contributed by atoms with E-state index in [1.54, 1.807) is 0 Å². The number of aliphatic carboxylic acids is 1. The van der Waals surface area contributed by atoms with Gasteiger partial charge >= 0.3 is 5.97 Å². The highest BCUT2D eigenvalue weighted by atomic mass is 16.4. The van der Waals surface area contributed by atoms with E-state index in [-0.39, 0.29) is 29.6 Å². The first-order chi connectivity index (χ1) is 10.1. The highest BCUT2D eigenvalue weighted by molar-refractivity contribution is 6.07. The van der Waals surface area contributed by atoms with Gasteiger partial charge in [-0.15, -0.1) is 0 Å². The molecule has 3 rings (SSSR count). The number of carboxylic acids is 1. The Morgan fingerprint density at radius 1 is 0.905 bits per heavy atom. The molecule has 1 saturated heterocycles. The maximum Gasteiger partial charge on any atom is 0.327 e. The maximum absolute atomic E-state index is 12.6. The number of hydrogen-bond acceptors (Lipinski definition) is 3. The van der Waals surface area contributed by atoms with Gasteiger partial charge in [-0.2, -0.15) is 0 Å². The number of hydrogen-bond donors (Lipinski definition) is 1. The maximum atomic E-state index is 12.6. The lowest BCUT2D eigenvalue weighted by Crippen LogP contribution is -2.50. The van der Waals surface area contributed by atoms with E-state index in [0.29, 0.717) is 0 Å². The van der Waals surface area contributed by atoms with Crippen LogP contribution in [-0.4, -0.2) is 33.8 Å². The van der Waals surface area contributed by atoms with Crippen LogP contribution in [-0.2, 0) is 14.4 Å². The molecule has 1 heterocycles. The minimum atomic E-state index is -1.01. The highest BCUT2D eigenvalue weighted by Crippen LogP contribution is 2.41. The Morgan fingerprint density at radius 2 is 1.38 bits per heavy atom. The van der Waals surface area contributed by atoms with E-state index in [9.17, 15) is 19.5 Å². The lowest BCUT2D eigenvalue weighted by Gasteiger charge is -2.32. The molecule has 0 bridgehead atoms. The van der Waals surface area contributed by atoms with Gasteiger partial charge in [-0.05, 0) is 31.6 Å². The molecule has 3 atom stereocenters. The minimum absolute atomic E-state index is 0.0655. The van der Waals surface area contributed by atoms with Crippen LogP contribution in [0.2, 0.25) is 0 Å². The molecule has 0 aromatic rings. The standard InChI is InChI=1S/C16H23NO4/c18-14-11-8-4-5-9-12(11)15(19)17(14)13(16(20)21)10-6-2-1-3-7-10/h10-13H,1-9H2,(H,20,21). The smallest absolute Gasteiger partial charge is 0.327 e. The zero-order valence-electron chi connectivity index (χ0n) is 12.3. The number of likely N-dealkylation sites (tertiary alicyclic amines) is 1. The molecule has 116 valence electrons. The van der Waals surface area contributed by atoms with Crippen molar-refractivity contribution >= 4 is 17.8 Å². The van der Waals surface area contributed by atoms with Gasteiger partial charge in [-0.1, -0.05) is 32.1 Å². The second-order valence-corrected chi connectivity index (χ2v) is 6.73. The van der Waals surface area contributed by atoms with Crippen molar-refractivity contribution in [2.75, 3.05) is 0 Å². The second-order valence-electron chi connectivity index (χ2n) is 6.73. The topological polar surface area (TPSA) is 74.7 Å². The lowest BCUT2D eigenvalue weighted by molar-refractivity contribution is -0.158. The lowest BCUT2D eigenvalue weighted by atomic mass is 9.81. The predicted molar refractivity (Wildman–Crippen MR) is 75.3 cm³/mol. The number of fused-ring (bicyclic) bond motifs is 1. The second kappa shape index (κ2) is 5.78. The third kappa shape index (κ3) is 2.47. The van der Waals surface area contributed by atoms with Crippen LogP contribution >= 0.6 is 0 Å². The molecule has 1 aliphatic heterocycles. The molecular weight excluding hydrogens is 270 g/mol. The Hall–Kier alpha value is -1.39. The fourth-order valence-corrected chi connectivity index (χ4v) is 4.43. The summed E-state index contributed by atoms with van der Waals surface area (Å²) < 4.78 is 0. The Balaban J connectivity index is 1.86. The molecule has 0 aromatic heterocycles. The van der Waals surface area contributed by atoms with Crippen LogP contribution in [0.1, 0.15) is 57.8 Å². The van der Waals surface area contributed by atoms with E-state index in [1.807, 2.05) is 0 Å². The van der Waals surface area contributed by atoms with Crippen molar-refractivity contribution in [2.24, 2.45) is 17.8 Å². The third-order valence-electron chi connectivity index (χ3n) is 5.50. The van der Waals surface area contributed by atoms with Gasteiger partial charge in [0.25, 0.3) is 0 Å². The summed E-state index contributed by atoms with van der Waals surface area (Å²) in [6, 6.07) is -0.934. The van der Waals surface area contributed by atoms with Gasteiger partial charge in [0.15, 0.2) is 0 Å². The Morgan fingerprint density at radius 3 is 1.86 bits per heavy atom. The quantitative estimate of drug-likeness (QED) is 0.809. The third-order valence-corrected chi connectivity index (χ3v) is 5.50. The molecule has 5 nitrogen and oxygen atoms in total. The van der Waals surface area contributed by atoms with Crippen molar-refractivity contribution in [1.29, 1.82) is 0 Å². The van der Waals surface area contributed by atoms with E-state index in [0.717, 1.165) is 62.7 Å². The van der Waals surface area contributed by atoms with Crippen LogP contribution in [0.3, 0.4) is 0 Å². The summed E-state index contributed by atoms with van der Waals surface area (Å²) in [6.07, 6.45) is 8.15. The summed E-state index contributed by atoms with van der Waals surface area (Å²) in [5.74, 6) is -2.02. The number of imide groups is 1. The van der Waals surface area contributed by atoms with E-state index in [2.05, 4.69) is 0 Å². The van der Waals surface area contributed by atoms with E-state index in [1.165, 1.54) is 0 Å². The van der Waals surface area contributed by atoms with Crippen LogP contribution in [0.15, 0.2) is 0 Å². The summed E-state index contributed by atoms with van der Waals surface area (Å²) in [5, 5.41) is 9.61. The van der Waals surface area contributed by atoms with E-state index < -0.39 is 12.0 Å². The molecule has 2 saturated carbocycles. The molecule has 5 heteroatoms. The van der Waals surface area contributed by atoms with Gasteiger partial charge in [0.2, 0.25) is 11.8 Å². The van der Waals surface area contributed by atoms with Crippen molar-refractivity contribution < 1.29 is 19.5 Å². The molecular formula is C16H23NO4. The molecule has 2 aliphatic carbocycles. The number of amides is 2. The molecule has 0 spiro atoms. The van der Waals surface area contributed by atoms with Crippen molar-refractivity contribution in [3.63, 3.8) is 0 Å². The Kier molecular flexibility index (Phi) is 4.00. The highest BCUT2D eigenvalue weighted by Gasteiger charge is 2.53. The normalized spacial score (nSPS) is 32.1. The van der Waals surface area contributed by atoms with Crippen LogP contribution in [0.4, 0.5) is 0 Å². The zero-order chi connectivity index (χ0) is 15.0. The van der Waals surface area contributed by atoms with E-state index >= 15 is 0 Å². The molecule has 0 radical (unpaired) electrons. The Labute approximate surface area is 124 Å². The Bertz CT molecular complexity index is 431. The molecule has 0 aromatic carbocycles. The van der Waals surface area contributed by atoms with Gasteiger partial charge in [0.1, 0.15) is 6.04 Å². The molecule has 3 unspecified atom stereocenters. The van der Waals surface area contributed by atoms with Gasteiger partial charge in [0.05, 0.1) is 11.8 Å². The summed E-state index contributed by atoms with van der Waals surface area (Å²) in [5.41, 5.74) is 0. The van der Waals surface area contributed by atoms with Crippen LogP contribution in [0.25, 0.3) is 0 Å². The van der Waals surface area contributed by atoms with Gasteiger partial charge in [0, 0.05) is 0 Å².